The lowest BCUT2D eigenvalue weighted by atomic mass is 9.72. The van der Waals surface area contributed by atoms with Crippen molar-refractivity contribution in [3.8, 4) is 0 Å². The van der Waals surface area contributed by atoms with Gasteiger partial charge in [0.25, 0.3) is 0 Å². The summed E-state index contributed by atoms with van der Waals surface area (Å²) in [5, 5.41) is 3.75. The van der Waals surface area contributed by atoms with Gasteiger partial charge in [-0.15, -0.1) is 0 Å². The molecule has 2 aliphatic carbocycles. The fraction of sp³-hybridized carbons (Fsp3) is 1.00. The van der Waals surface area contributed by atoms with Gasteiger partial charge in [-0.25, -0.2) is 0 Å². The molecule has 19 heavy (non-hydrogen) atoms. The Bertz CT molecular complexity index is 270. The minimum Gasteiger partial charge on any atom is -0.313 e. The Labute approximate surface area is 120 Å². The molecule has 0 aromatic heterocycles. The molecule has 0 saturated heterocycles. The number of hydrogen-bond donors (Lipinski definition) is 1. The minimum absolute atomic E-state index is 0.531. The Morgan fingerprint density at radius 1 is 1.16 bits per heavy atom. The molecule has 2 nitrogen and oxygen atoms in total. The smallest absolute Gasteiger partial charge is 0.0254 e. The van der Waals surface area contributed by atoms with Gasteiger partial charge in [-0.1, -0.05) is 34.1 Å². The van der Waals surface area contributed by atoms with Crippen LogP contribution in [0.25, 0.3) is 0 Å². The van der Waals surface area contributed by atoms with Crippen LogP contribution in [0, 0.1) is 11.3 Å². The van der Waals surface area contributed by atoms with Gasteiger partial charge < -0.3 is 5.32 Å². The Hall–Kier alpha value is -0.0800. The van der Waals surface area contributed by atoms with Crippen molar-refractivity contribution in [3.05, 3.63) is 0 Å². The van der Waals surface area contributed by atoms with E-state index in [4.69, 9.17) is 0 Å². The minimum atomic E-state index is 0.531. The first-order valence-corrected chi connectivity index (χ1v) is 8.53. The molecule has 2 atom stereocenters. The van der Waals surface area contributed by atoms with Gasteiger partial charge in [0.15, 0.2) is 0 Å². The first-order chi connectivity index (χ1) is 9.05. The van der Waals surface area contributed by atoms with E-state index in [0.717, 1.165) is 24.5 Å². The lowest BCUT2D eigenvalue weighted by molar-refractivity contribution is 0.0478. The zero-order valence-electron chi connectivity index (χ0n) is 13.5. The highest BCUT2D eigenvalue weighted by atomic mass is 15.2. The maximum absolute atomic E-state index is 3.75. The molecule has 0 aliphatic heterocycles. The highest BCUT2D eigenvalue weighted by molar-refractivity contribution is 4.95. The van der Waals surface area contributed by atoms with Crippen LogP contribution in [-0.4, -0.2) is 36.6 Å². The van der Waals surface area contributed by atoms with Gasteiger partial charge in [0.2, 0.25) is 0 Å². The largest absolute Gasteiger partial charge is 0.313 e. The average molecular weight is 266 g/mol. The van der Waals surface area contributed by atoms with Crippen molar-refractivity contribution in [2.45, 2.75) is 78.3 Å². The molecule has 2 aliphatic rings. The van der Waals surface area contributed by atoms with Gasteiger partial charge in [-0.3, -0.25) is 4.90 Å². The molecule has 2 fully saturated rings. The van der Waals surface area contributed by atoms with E-state index in [-0.39, 0.29) is 0 Å². The van der Waals surface area contributed by atoms with Crippen molar-refractivity contribution in [1.82, 2.24) is 10.2 Å². The van der Waals surface area contributed by atoms with E-state index in [1.54, 1.807) is 0 Å². The summed E-state index contributed by atoms with van der Waals surface area (Å²) >= 11 is 0. The number of nitrogens with one attached hydrogen (secondary N) is 1. The Morgan fingerprint density at radius 3 is 2.42 bits per heavy atom. The summed E-state index contributed by atoms with van der Waals surface area (Å²) in [5.41, 5.74) is 0.531. The van der Waals surface area contributed by atoms with Gasteiger partial charge in [-0.2, -0.15) is 0 Å². The number of rotatable bonds is 6. The van der Waals surface area contributed by atoms with Gasteiger partial charge in [-0.05, 0) is 56.5 Å². The van der Waals surface area contributed by atoms with E-state index < -0.39 is 0 Å². The number of hydrogen-bond acceptors (Lipinski definition) is 2. The first-order valence-electron chi connectivity index (χ1n) is 8.53. The summed E-state index contributed by atoms with van der Waals surface area (Å²) in [6, 6.07) is 1.48. The second kappa shape index (κ2) is 6.58. The van der Waals surface area contributed by atoms with Crippen LogP contribution in [0.4, 0.5) is 0 Å². The fourth-order valence-corrected chi connectivity index (χ4v) is 3.94. The molecule has 112 valence electrons. The van der Waals surface area contributed by atoms with Gasteiger partial charge in [0, 0.05) is 18.6 Å². The van der Waals surface area contributed by atoms with Crippen LogP contribution in [0.2, 0.25) is 0 Å². The van der Waals surface area contributed by atoms with E-state index in [2.05, 4.69) is 37.9 Å². The van der Waals surface area contributed by atoms with Crippen LogP contribution in [0.5, 0.6) is 0 Å². The normalized spacial score (nSPS) is 31.4. The summed E-state index contributed by atoms with van der Waals surface area (Å²) in [7, 11) is 0. The zero-order chi connectivity index (χ0) is 13.9. The third-order valence-corrected chi connectivity index (χ3v) is 5.42. The molecule has 1 N–H and O–H groups in total. The molecule has 2 heteroatoms. The van der Waals surface area contributed by atoms with E-state index in [0.29, 0.717) is 5.41 Å². The highest BCUT2D eigenvalue weighted by Crippen LogP contribution is 2.38. The Balaban J connectivity index is 2.00. The monoisotopic (exact) mass is 266 g/mol. The summed E-state index contributed by atoms with van der Waals surface area (Å²) in [5.74, 6) is 0.993. The number of nitrogens with zero attached hydrogens (tertiary/aromatic N) is 1. The van der Waals surface area contributed by atoms with Crippen LogP contribution >= 0.6 is 0 Å². The third-order valence-electron chi connectivity index (χ3n) is 5.42. The maximum Gasteiger partial charge on any atom is 0.0254 e. The molecule has 0 heterocycles. The summed E-state index contributed by atoms with van der Waals surface area (Å²) in [6.45, 7) is 13.2. The van der Waals surface area contributed by atoms with Crippen LogP contribution in [0.1, 0.15) is 66.2 Å². The van der Waals surface area contributed by atoms with Gasteiger partial charge in [0.1, 0.15) is 0 Å². The summed E-state index contributed by atoms with van der Waals surface area (Å²) in [6.07, 6.45) is 8.51. The molecule has 2 saturated carbocycles. The zero-order valence-corrected chi connectivity index (χ0v) is 13.5. The lowest BCUT2D eigenvalue weighted by Crippen LogP contribution is -2.55. The second-order valence-corrected chi connectivity index (χ2v) is 7.52. The molecule has 0 spiro atoms. The van der Waals surface area contributed by atoms with Crippen LogP contribution in [0.15, 0.2) is 0 Å². The van der Waals surface area contributed by atoms with Crippen LogP contribution in [0.3, 0.4) is 0 Å². The quantitative estimate of drug-likeness (QED) is 0.789. The first kappa shape index (κ1) is 15.3. The fourth-order valence-electron chi connectivity index (χ4n) is 3.94. The van der Waals surface area contributed by atoms with Crippen LogP contribution in [-0.2, 0) is 0 Å². The molecule has 0 amide bonds. The Morgan fingerprint density at radius 2 is 1.89 bits per heavy atom. The third kappa shape index (κ3) is 3.95. The predicted octanol–water partition coefficient (Wildman–Crippen LogP) is 3.67. The van der Waals surface area contributed by atoms with Crippen molar-refractivity contribution < 1.29 is 0 Å². The molecule has 0 bridgehead atoms. The molecule has 2 unspecified atom stereocenters. The van der Waals surface area contributed by atoms with Crippen LogP contribution < -0.4 is 5.32 Å². The van der Waals surface area contributed by atoms with Gasteiger partial charge in [0.05, 0.1) is 0 Å². The van der Waals surface area contributed by atoms with Crippen molar-refractivity contribution >= 4 is 0 Å². The molecule has 0 aromatic carbocycles. The highest BCUT2D eigenvalue weighted by Gasteiger charge is 2.38. The van der Waals surface area contributed by atoms with Crippen molar-refractivity contribution in [2.75, 3.05) is 19.6 Å². The molecule has 0 radical (unpaired) electrons. The summed E-state index contributed by atoms with van der Waals surface area (Å²) in [4.78, 5) is 2.79. The molecular weight excluding hydrogens is 232 g/mol. The average Bonchev–Trinajstić information content (AvgIpc) is 2.31. The standard InChI is InChI=1S/C17H34N2/c1-5-18-15-10-11-17(3,4)12-16(15)19(6-2)13-14-8-7-9-14/h14-16,18H,5-13H2,1-4H3. The lowest BCUT2D eigenvalue weighted by Gasteiger charge is -2.47. The SMILES string of the molecule is CCNC1CCC(C)(C)CC1N(CC)CC1CCC1. The van der Waals surface area contributed by atoms with Gasteiger partial charge >= 0.3 is 0 Å². The van der Waals surface area contributed by atoms with Crippen molar-refractivity contribution in [3.63, 3.8) is 0 Å². The van der Waals surface area contributed by atoms with Crippen molar-refractivity contribution in [2.24, 2.45) is 11.3 Å². The molecular formula is C17H34N2. The van der Waals surface area contributed by atoms with E-state index >= 15 is 0 Å². The second-order valence-electron chi connectivity index (χ2n) is 7.52. The number of likely N-dealkylation sites (N-methyl/N-ethyl adjacent to an activating group) is 2. The Kier molecular flexibility index (Phi) is 5.30. The van der Waals surface area contributed by atoms with E-state index in [1.807, 2.05) is 0 Å². The molecule has 0 aromatic rings. The maximum atomic E-state index is 3.75. The van der Waals surface area contributed by atoms with Crippen molar-refractivity contribution in [1.29, 1.82) is 0 Å². The van der Waals surface area contributed by atoms with E-state index in [1.165, 1.54) is 51.6 Å². The topological polar surface area (TPSA) is 15.3 Å². The molecule has 2 rings (SSSR count). The predicted molar refractivity (Wildman–Crippen MR) is 83.5 cm³/mol. The van der Waals surface area contributed by atoms with E-state index in [9.17, 15) is 0 Å². The summed E-state index contributed by atoms with van der Waals surface area (Å²) < 4.78 is 0.